The summed E-state index contributed by atoms with van der Waals surface area (Å²) in [7, 11) is 4.27. The van der Waals surface area contributed by atoms with Crippen LogP contribution < -0.4 is 5.32 Å². The largest absolute Gasteiger partial charge is 0.338 e. The van der Waals surface area contributed by atoms with Gasteiger partial charge >= 0.3 is 0 Å². The van der Waals surface area contributed by atoms with Crippen LogP contribution in [-0.2, 0) is 0 Å². The lowest BCUT2D eigenvalue weighted by molar-refractivity contribution is 0.108. The van der Waals surface area contributed by atoms with Crippen LogP contribution in [0.5, 0.6) is 0 Å². The van der Waals surface area contributed by atoms with Crippen LogP contribution in [0.3, 0.4) is 0 Å². The van der Waals surface area contributed by atoms with Gasteiger partial charge in [-0.2, -0.15) is 16.7 Å². The third kappa shape index (κ3) is 2.94. The lowest BCUT2D eigenvalue weighted by Crippen LogP contribution is -2.45. The minimum absolute atomic E-state index is 0.214. The molecule has 2 atom stereocenters. The summed E-state index contributed by atoms with van der Waals surface area (Å²) < 4.78 is 5.46. The number of rotatable bonds is 2. The summed E-state index contributed by atoms with van der Waals surface area (Å²) in [6.45, 7) is 4.11. The Kier molecular flexibility index (Phi) is 4.07. The van der Waals surface area contributed by atoms with Crippen molar-refractivity contribution in [2.75, 3.05) is 51.8 Å². The standard InChI is InChI=1S/C12H21N5OS/c1-16-4-5-17(2)10(7-16)11-14-12(18-15-11)9-8-19-6-3-13-9/h9-10,13H,3-8H2,1-2H3. The Morgan fingerprint density at radius 3 is 3.05 bits per heavy atom. The maximum atomic E-state index is 5.46. The molecule has 0 aliphatic carbocycles. The zero-order valence-corrected chi connectivity index (χ0v) is 12.3. The Bertz CT molecular complexity index is 420. The van der Waals surface area contributed by atoms with Crippen LogP contribution in [0.25, 0.3) is 0 Å². The van der Waals surface area contributed by atoms with Gasteiger partial charge in [0.1, 0.15) is 0 Å². The zero-order valence-electron chi connectivity index (χ0n) is 11.5. The van der Waals surface area contributed by atoms with Gasteiger partial charge in [0.25, 0.3) is 0 Å². The second kappa shape index (κ2) is 5.78. The van der Waals surface area contributed by atoms with Crippen molar-refractivity contribution in [1.29, 1.82) is 0 Å². The highest BCUT2D eigenvalue weighted by atomic mass is 32.2. The first-order valence-corrected chi connectivity index (χ1v) is 7.93. The molecule has 2 saturated heterocycles. The monoisotopic (exact) mass is 283 g/mol. The van der Waals surface area contributed by atoms with Gasteiger partial charge in [0.2, 0.25) is 5.89 Å². The van der Waals surface area contributed by atoms with E-state index < -0.39 is 0 Å². The molecule has 0 saturated carbocycles. The van der Waals surface area contributed by atoms with E-state index in [4.69, 9.17) is 4.52 Å². The van der Waals surface area contributed by atoms with Crippen LogP contribution in [0.2, 0.25) is 0 Å². The summed E-state index contributed by atoms with van der Waals surface area (Å²) in [6, 6.07) is 0.458. The first-order chi connectivity index (χ1) is 9.24. The van der Waals surface area contributed by atoms with Gasteiger partial charge in [-0.25, -0.2) is 0 Å². The zero-order chi connectivity index (χ0) is 13.2. The van der Waals surface area contributed by atoms with Gasteiger partial charge in [-0.15, -0.1) is 0 Å². The minimum atomic E-state index is 0.214. The second-order valence-corrected chi connectivity index (χ2v) is 6.48. The molecule has 0 amide bonds. The Labute approximate surface area is 117 Å². The number of aromatic nitrogens is 2. The molecule has 0 spiro atoms. The molecule has 2 aliphatic rings. The predicted molar refractivity (Wildman–Crippen MR) is 75.2 cm³/mol. The summed E-state index contributed by atoms with van der Waals surface area (Å²) in [6.07, 6.45) is 0. The van der Waals surface area contributed by atoms with E-state index in [1.54, 1.807) is 0 Å². The lowest BCUT2D eigenvalue weighted by atomic mass is 10.2. The molecule has 2 aliphatic heterocycles. The Hall–Kier alpha value is -0.630. The molecular weight excluding hydrogens is 262 g/mol. The van der Waals surface area contributed by atoms with Crippen LogP contribution >= 0.6 is 11.8 Å². The van der Waals surface area contributed by atoms with Gasteiger partial charge in [0.05, 0.1) is 12.1 Å². The Balaban J connectivity index is 1.72. The van der Waals surface area contributed by atoms with Crippen molar-refractivity contribution in [2.24, 2.45) is 0 Å². The van der Waals surface area contributed by atoms with Crippen LogP contribution in [0.1, 0.15) is 23.8 Å². The van der Waals surface area contributed by atoms with Gasteiger partial charge in [-0.1, -0.05) is 5.16 Å². The molecule has 2 unspecified atom stereocenters. The molecule has 0 radical (unpaired) electrons. The fourth-order valence-electron chi connectivity index (χ4n) is 2.54. The van der Waals surface area contributed by atoms with E-state index >= 15 is 0 Å². The van der Waals surface area contributed by atoms with Crippen molar-refractivity contribution in [3.63, 3.8) is 0 Å². The third-order valence-corrected chi connectivity index (χ3v) is 4.89. The van der Waals surface area contributed by atoms with Crippen molar-refractivity contribution in [3.05, 3.63) is 11.7 Å². The Morgan fingerprint density at radius 1 is 1.37 bits per heavy atom. The maximum Gasteiger partial charge on any atom is 0.244 e. The van der Waals surface area contributed by atoms with Crippen molar-refractivity contribution < 1.29 is 4.52 Å². The number of hydrogen-bond acceptors (Lipinski definition) is 7. The van der Waals surface area contributed by atoms with Gasteiger partial charge in [-0.3, -0.25) is 4.90 Å². The maximum absolute atomic E-state index is 5.46. The quantitative estimate of drug-likeness (QED) is 0.841. The third-order valence-electron chi connectivity index (χ3n) is 3.83. The number of thioether (sulfide) groups is 1. The molecular formula is C12H21N5OS. The predicted octanol–water partition coefficient (Wildman–Crippen LogP) is 0.365. The SMILES string of the molecule is CN1CCN(C)C(c2noc(C3CSCCN3)n2)C1. The highest BCUT2D eigenvalue weighted by Crippen LogP contribution is 2.24. The van der Waals surface area contributed by atoms with Crippen molar-refractivity contribution >= 4 is 11.8 Å². The fraction of sp³-hybridized carbons (Fsp3) is 0.833. The van der Waals surface area contributed by atoms with Crippen molar-refractivity contribution in [1.82, 2.24) is 25.3 Å². The van der Waals surface area contributed by atoms with Crippen LogP contribution in [0, 0.1) is 0 Å². The number of nitrogens with zero attached hydrogens (tertiary/aromatic N) is 4. The van der Waals surface area contributed by atoms with Crippen molar-refractivity contribution in [2.45, 2.75) is 12.1 Å². The number of piperazine rings is 1. The molecule has 19 heavy (non-hydrogen) atoms. The first-order valence-electron chi connectivity index (χ1n) is 6.77. The summed E-state index contributed by atoms with van der Waals surface area (Å²) in [5.74, 6) is 3.74. The molecule has 6 nitrogen and oxygen atoms in total. The summed E-state index contributed by atoms with van der Waals surface area (Å²) >= 11 is 1.93. The lowest BCUT2D eigenvalue weighted by Gasteiger charge is -2.35. The van der Waals surface area contributed by atoms with Crippen LogP contribution in [0.15, 0.2) is 4.52 Å². The van der Waals surface area contributed by atoms with E-state index in [1.165, 1.54) is 0 Å². The molecule has 106 valence electrons. The number of likely N-dealkylation sites (N-methyl/N-ethyl adjacent to an activating group) is 2. The highest BCUT2D eigenvalue weighted by Gasteiger charge is 2.29. The average molecular weight is 283 g/mol. The van der Waals surface area contributed by atoms with E-state index in [2.05, 4.69) is 39.4 Å². The fourth-order valence-corrected chi connectivity index (χ4v) is 3.46. The van der Waals surface area contributed by atoms with Gasteiger partial charge in [-0.05, 0) is 14.1 Å². The van der Waals surface area contributed by atoms with E-state index in [-0.39, 0.29) is 12.1 Å². The van der Waals surface area contributed by atoms with Gasteiger partial charge in [0.15, 0.2) is 5.82 Å². The molecule has 1 N–H and O–H groups in total. The molecule has 0 aromatic carbocycles. The topological polar surface area (TPSA) is 57.4 Å². The van der Waals surface area contributed by atoms with Crippen LogP contribution in [0.4, 0.5) is 0 Å². The second-order valence-electron chi connectivity index (χ2n) is 5.33. The molecule has 3 heterocycles. The van der Waals surface area contributed by atoms with E-state index in [1.807, 2.05) is 11.8 Å². The number of hydrogen-bond donors (Lipinski definition) is 1. The molecule has 1 aromatic heterocycles. The van der Waals surface area contributed by atoms with Crippen molar-refractivity contribution in [3.8, 4) is 0 Å². The summed E-state index contributed by atoms with van der Waals surface area (Å²) in [5.41, 5.74) is 0. The van der Waals surface area contributed by atoms with Gasteiger partial charge < -0.3 is 14.7 Å². The molecule has 2 fully saturated rings. The molecule has 1 aromatic rings. The molecule has 3 rings (SSSR count). The Morgan fingerprint density at radius 2 is 2.26 bits per heavy atom. The number of nitrogens with one attached hydrogen (secondary N) is 1. The van der Waals surface area contributed by atoms with E-state index in [0.29, 0.717) is 0 Å². The highest BCUT2D eigenvalue weighted by molar-refractivity contribution is 7.99. The molecule has 0 bridgehead atoms. The van der Waals surface area contributed by atoms with E-state index in [9.17, 15) is 0 Å². The average Bonchev–Trinajstić information content (AvgIpc) is 2.92. The first kappa shape index (κ1) is 13.4. The summed E-state index contributed by atoms with van der Waals surface area (Å²) in [4.78, 5) is 9.24. The van der Waals surface area contributed by atoms with Crippen LogP contribution in [-0.4, -0.2) is 71.7 Å². The normalized spacial score (nSPS) is 30.6. The minimum Gasteiger partial charge on any atom is -0.338 e. The van der Waals surface area contributed by atoms with Gasteiger partial charge in [0, 0.05) is 37.7 Å². The smallest absolute Gasteiger partial charge is 0.244 e. The molecule has 7 heteroatoms. The summed E-state index contributed by atoms with van der Waals surface area (Å²) in [5, 5.41) is 7.63. The van der Waals surface area contributed by atoms with E-state index in [0.717, 1.165) is 49.4 Å².